The maximum absolute atomic E-state index is 11.6. The van der Waals surface area contributed by atoms with E-state index >= 15 is 0 Å². The molecule has 2 aromatic carbocycles. The summed E-state index contributed by atoms with van der Waals surface area (Å²) in [4.78, 5) is 27.0. The molecule has 6 heteroatoms. The molecule has 0 atom stereocenters. The Bertz CT molecular complexity index is 1150. The van der Waals surface area contributed by atoms with Crippen molar-refractivity contribution in [2.24, 2.45) is 0 Å². The number of nitrogens with one attached hydrogen (secondary N) is 2. The van der Waals surface area contributed by atoms with Gasteiger partial charge in [-0.2, -0.15) is 0 Å². The minimum atomic E-state index is -0.154. The molecule has 2 N–H and O–H groups in total. The number of hydrogen-bond donors (Lipinski definition) is 2. The molecule has 3 heterocycles. The van der Waals surface area contributed by atoms with Crippen LogP contribution in [0.1, 0.15) is 5.69 Å². The Morgan fingerprint density at radius 1 is 0.889 bits per heavy atom. The fourth-order valence-electron chi connectivity index (χ4n) is 3.88. The molecule has 5 rings (SSSR count). The molecular formula is C21H21N5O. The van der Waals surface area contributed by atoms with Gasteiger partial charge in [-0.15, -0.1) is 0 Å². The van der Waals surface area contributed by atoms with Gasteiger partial charge in [0, 0.05) is 38.1 Å². The van der Waals surface area contributed by atoms with E-state index in [9.17, 15) is 4.79 Å². The predicted molar refractivity (Wildman–Crippen MR) is 108 cm³/mol. The van der Waals surface area contributed by atoms with Gasteiger partial charge in [-0.05, 0) is 24.3 Å². The standard InChI is InChI=1S/C21H21N5O/c27-21-23-18-6-3-7-19(20(18)24-21)26-12-10-25(11-13-26)14-16-9-8-15-4-1-2-5-17(15)22-16/h1-9H,10-14H2,(H2,23,24,27). The Labute approximate surface area is 156 Å². The lowest BCUT2D eigenvalue weighted by molar-refractivity contribution is 0.247. The van der Waals surface area contributed by atoms with E-state index in [4.69, 9.17) is 4.98 Å². The molecule has 0 amide bonds. The maximum atomic E-state index is 11.6. The van der Waals surface area contributed by atoms with E-state index in [0.717, 1.165) is 60.7 Å². The van der Waals surface area contributed by atoms with Crippen molar-refractivity contribution in [2.75, 3.05) is 31.1 Å². The number of rotatable bonds is 3. The SMILES string of the molecule is O=c1[nH]c2cccc(N3CCN(Cc4ccc5ccccc5n4)CC3)c2[nH]1. The van der Waals surface area contributed by atoms with E-state index in [-0.39, 0.29) is 5.69 Å². The highest BCUT2D eigenvalue weighted by atomic mass is 16.1. The second kappa shape index (κ2) is 6.55. The predicted octanol–water partition coefficient (Wildman–Crippen LogP) is 2.73. The Hall–Kier alpha value is -3.12. The molecule has 0 saturated carbocycles. The largest absolute Gasteiger partial charge is 0.367 e. The van der Waals surface area contributed by atoms with Gasteiger partial charge in [-0.3, -0.25) is 9.88 Å². The number of aromatic nitrogens is 3. The second-order valence-electron chi connectivity index (χ2n) is 7.04. The summed E-state index contributed by atoms with van der Waals surface area (Å²) in [6.07, 6.45) is 0. The van der Waals surface area contributed by atoms with Crippen molar-refractivity contribution in [3.05, 3.63) is 70.8 Å². The van der Waals surface area contributed by atoms with Crippen LogP contribution < -0.4 is 10.6 Å². The number of pyridine rings is 1. The van der Waals surface area contributed by atoms with Crippen LogP contribution in [0.15, 0.2) is 59.4 Å². The van der Waals surface area contributed by atoms with Crippen LogP contribution >= 0.6 is 0 Å². The van der Waals surface area contributed by atoms with E-state index in [0.29, 0.717) is 0 Å². The summed E-state index contributed by atoms with van der Waals surface area (Å²) < 4.78 is 0. The summed E-state index contributed by atoms with van der Waals surface area (Å²) >= 11 is 0. The highest BCUT2D eigenvalue weighted by Crippen LogP contribution is 2.24. The Morgan fingerprint density at radius 2 is 1.74 bits per heavy atom. The minimum absolute atomic E-state index is 0.154. The molecule has 0 radical (unpaired) electrons. The first-order chi connectivity index (χ1) is 13.3. The van der Waals surface area contributed by atoms with E-state index in [1.54, 1.807) is 0 Å². The number of hydrogen-bond acceptors (Lipinski definition) is 4. The summed E-state index contributed by atoms with van der Waals surface area (Å²) in [7, 11) is 0. The zero-order chi connectivity index (χ0) is 18.2. The van der Waals surface area contributed by atoms with Crippen LogP contribution in [0.4, 0.5) is 5.69 Å². The van der Waals surface area contributed by atoms with Gasteiger partial charge < -0.3 is 14.9 Å². The number of fused-ring (bicyclic) bond motifs is 2. The molecule has 1 saturated heterocycles. The van der Waals surface area contributed by atoms with Gasteiger partial charge in [-0.1, -0.05) is 30.3 Å². The van der Waals surface area contributed by atoms with Crippen molar-refractivity contribution in [1.29, 1.82) is 0 Å². The first-order valence-electron chi connectivity index (χ1n) is 9.29. The Kier molecular flexibility index (Phi) is 3.90. The molecule has 136 valence electrons. The van der Waals surface area contributed by atoms with Crippen molar-refractivity contribution in [1.82, 2.24) is 19.9 Å². The molecule has 1 aliphatic rings. The fraction of sp³-hybridized carbons (Fsp3) is 0.238. The third-order valence-corrected chi connectivity index (χ3v) is 5.28. The molecule has 0 spiro atoms. The number of benzene rings is 2. The molecule has 0 aliphatic carbocycles. The summed E-state index contributed by atoms with van der Waals surface area (Å²) in [6, 6.07) is 18.5. The number of imidazole rings is 1. The maximum Gasteiger partial charge on any atom is 0.323 e. The smallest absolute Gasteiger partial charge is 0.323 e. The molecule has 4 aromatic rings. The first kappa shape index (κ1) is 16.1. The zero-order valence-electron chi connectivity index (χ0n) is 15.0. The van der Waals surface area contributed by atoms with Crippen LogP contribution in [-0.2, 0) is 6.54 Å². The van der Waals surface area contributed by atoms with Gasteiger partial charge in [0.05, 0.1) is 27.9 Å². The number of anilines is 1. The van der Waals surface area contributed by atoms with Gasteiger partial charge >= 0.3 is 5.69 Å². The van der Waals surface area contributed by atoms with E-state index in [1.165, 1.54) is 5.39 Å². The number of aromatic amines is 2. The summed E-state index contributed by atoms with van der Waals surface area (Å²) in [5.74, 6) is 0. The highest BCUT2D eigenvalue weighted by Gasteiger charge is 2.20. The van der Waals surface area contributed by atoms with Crippen LogP contribution in [0, 0.1) is 0 Å². The summed E-state index contributed by atoms with van der Waals surface area (Å²) in [5, 5.41) is 1.18. The molecule has 0 unspecified atom stereocenters. The molecular weight excluding hydrogens is 338 g/mol. The Morgan fingerprint density at radius 3 is 2.63 bits per heavy atom. The van der Waals surface area contributed by atoms with E-state index < -0.39 is 0 Å². The summed E-state index contributed by atoms with van der Waals surface area (Å²) in [5.41, 5.74) is 4.86. The van der Waals surface area contributed by atoms with Crippen LogP contribution in [0.3, 0.4) is 0 Å². The van der Waals surface area contributed by atoms with Crippen molar-refractivity contribution >= 4 is 27.6 Å². The third kappa shape index (κ3) is 3.08. The van der Waals surface area contributed by atoms with E-state index in [2.05, 4.69) is 50.1 Å². The average Bonchev–Trinajstić information content (AvgIpc) is 3.09. The van der Waals surface area contributed by atoms with Crippen LogP contribution in [0.25, 0.3) is 21.9 Å². The van der Waals surface area contributed by atoms with Crippen molar-refractivity contribution in [2.45, 2.75) is 6.54 Å². The van der Waals surface area contributed by atoms with E-state index in [1.807, 2.05) is 24.3 Å². The van der Waals surface area contributed by atoms with Gasteiger partial charge in [0.15, 0.2) is 0 Å². The number of para-hydroxylation sites is 2. The fourth-order valence-corrected chi connectivity index (χ4v) is 3.88. The van der Waals surface area contributed by atoms with Crippen LogP contribution in [0.5, 0.6) is 0 Å². The lowest BCUT2D eigenvalue weighted by Gasteiger charge is -2.36. The van der Waals surface area contributed by atoms with Gasteiger partial charge in [0.25, 0.3) is 0 Å². The minimum Gasteiger partial charge on any atom is -0.367 e. The normalized spacial score (nSPS) is 15.6. The van der Waals surface area contributed by atoms with Crippen molar-refractivity contribution in [3.8, 4) is 0 Å². The first-order valence-corrected chi connectivity index (χ1v) is 9.29. The molecule has 1 fully saturated rings. The third-order valence-electron chi connectivity index (χ3n) is 5.28. The highest BCUT2D eigenvalue weighted by molar-refractivity contribution is 5.88. The quantitative estimate of drug-likeness (QED) is 0.590. The summed E-state index contributed by atoms with van der Waals surface area (Å²) in [6.45, 7) is 4.67. The molecule has 0 bridgehead atoms. The number of H-pyrrole nitrogens is 2. The monoisotopic (exact) mass is 359 g/mol. The number of nitrogens with zero attached hydrogens (tertiary/aromatic N) is 3. The lowest BCUT2D eigenvalue weighted by Crippen LogP contribution is -2.46. The molecule has 2 aromatic heterocycles. The molecule has 6 nitrogen and oxygen atoms in total. The van der Waals surface area contributed by atoms with Gasteiger partial charge in [0.2, 0.25) is 0 Å². The second-order valence-corrected chi connectivity index (χ2v) is 7.04. The molecule has 1 aliphatic heterocycles. The topological polar surface area (TPSA) is 68.0 Å². The van der Waals surface area contributed by atoms with Crippen molar-refractivity contribution < 1.29 is 0 Å². The van der Waals surface area contributed by atoms with Crippen molar-refractivity contribution in [3.63, 3.8) is 0 Å². The average molecular weight is 359 g/mol. The van der Waals surface area contributed by atoms with Crippen LogP contribution in [0.2, 0.25) is 0 Å². The Balaban J connectivity index is 1.30. The van der Waals surface area contributed by atoms with Gasteiger partial charge in [-0.25, -0.2) is 4.79 Å². The lowest BCUT2D eigenvalue weighted by atomic mass is 10.2. The van der Waals surface area contributed by atoms with Crippen LogP contribution in [-0.4, -0.2) is 46.0 Å². The number of piperazine rings is 1. The zero-order valence-corrected chi connectivity index (χ0v) is 15.0. The van der Waals surface area contributed by atoms with Gasteiger partial charge in [0.1, 0.15) is 0 Å². The molecule has 27 heavy (non-hydrogen) atoms.